The van der Waals surface area contributed by atoms with Gasteiger partial charge in [-0.2, -0.15) is 0 Å². The number of unbranched alkanes of at least 4 members (excludes halogenated alkanes) is 70. The van der Waals surface area contributed by atoms with Gasteiger partial charge in [0, 0.05) is 6.42 Å². The molecular formula is C99H191NO18. The Labute approximate surface area is 722 Å². The predicted molar refractivity (Wildman–Crippen MR) is 480 cm³/mol. The van der Waals surface area contributed by atoms with Crippen molar-refractivity contribution in [3.05, 3.63) is 12.2 Å². The molecule has 17 atom stereocenters. The number of rotatable bonds is 86. The number of allylic oxidation sites excluding steroid dienone is 1. The highest BCUT2D eigenvalue weighted by molar-refractivity contribution is 5.76. The quantitative estimate of drug-likeness (QED) is 0.0199. The number of hydrogen-bond donors (Lipinski definition) is 12. The molecule has 3 fully saturated rings. The minimum absolute atomic E-state index is 0.251. The maximum absolute atomic E-state index is 13.6. The number of hydrogen-bond acceptors (Lipinski definition) is 18. The lowest BCUT2D eigenvalue weighted by Gasteiger charge is -2.48. The molecule has 0 aliphatic carbocycles. The van der Waals surface area contributed by atoms with E-state index in [0.29, 0.717) is 6.42 Å². The molecule has 12 N–H and O–H groups in total. The van der Waals surface area contributed by atoms with Gasteiger partial charge in [0.05, 0.1) is 38.6 Å². The Kier molecular flexibility index (Phi) is 74.1. The zero-order valence-electron chi connectivity index (χ0n) is 76.2. The van der Waals surface area contributed by atoms with Crippen LogP contribution in [0.25, 0.3) is 0 Å². The van der Waals surface area contributed by atoms with Crippen molar-refractivity contribution < 1.29 is 89.4 Å². The fraction of sp³-hybridized carbons (Fsp3) is 0.970. The second kappa shape index (κ2) is 79.0. The van der Waals surface area contributed by atoms with Crippen LogP contribution in [-0.2, 0) is 33.2 Å². The van der Waals surface area contributed by atoms with E-state index in [2.05, 4.69) is 19.2 Å². The van der Waals surface area contributed by atoms with E-state index in [1.807, 2.05) is 6.08 Å². The number of carbonyl (C=O) groups is 1. The number of carbonyl (C=O) groups excluding carboxylic acids is 1. The summed E-state index contributed by atoms with van der Waals surface area (Å²) in [5.74, 6) is -0.263. The first-order valence-electron chi connectivity index (χ1n) is 50.9. The number of ether oxygens (including phenoxy) is 6. The maximum Gasteiger partial charge on any atom is 0.220 e. The highest BCUT2D eigenvalue weighted by atomic mass is 16.8. The van der Waals surface area contributed by atoms with Crippen molar-refractivity contribution in [2.45, 2.75) is 587 Å². The molecule has 0 saturated carbocycles. The van der Waals surface area contributed by atoms with Gasteiger partial charge in [0.2, 0.25) is 5.91 Å². The molecule has 3 aliphatic rings. The van der Waals surface area contributed by atoms with E-state index in [9.17, 15) is 61.0 Å². The van der Waals surface area contributed by atoms with Gasteiger partial charge in [-0.15, -0.1) is 0 Å². The van der Waals surface area contributed by atoms with Crippen molar-refractivity contribution in [1.82, 2.24) is 5.32 Å². The van der Waals surface area contributed by atoms with Crippen LogP contribution in [0.3, 0.4) is 0 Å². The van der Waals surface area contributed by atoms with Crippen LogP contribution in [0, 0.1) is 0 Å². The van der Waals surface area contributed by atoms with Crippen LogP contribution >= 0.6 is 0 Å². The first kappa shape index (κ1) is 111. The van der Waals surface area contributed by atoms with Crippen molar-refractivity contribution >= 4 is 5.91 Å². The van der Waals surface area contributed by atoms with E-state index >= 15 is 0 Å². The molecule has 17 unspecified atom stereocenters. The highest BCUT2D eigenvalue weighted by Gasteiger charge is 2.54. The third-order valence-corrected chi connectivity index (χ3v) is 25.8. The largest absolute Gasteiger partial charge is 0.394 e. The summed E-state index contributed by atoms with van der Waals surface area (Å²) in [6.07, 6.45) is 74.2. The summed E-state index contributed by atoms with van der Waals surface area (Å²) in [4.78, 5) is 13.6. The lowest BCUT2D eigenvalue weighted by Crippen LogP contribution is -2.66. The molecule has 19 heteroatoms. The fourth-order valence-corrected chi connectivity index (χ4v) is 17.8. The number of amides is 1. The summed E-state index contributed by atoms with van der Waals surface area (Å²) in [5.41, 5.74) is 0. The monoisotopic (exact) mass is 1680 g/mol. The summed E-state index contributed by atoms with van der Waals surface area (Å²) < 4.78 is 34.6. The smallest absolute Gasteiger partial charge is 0.220 e. The van der Waals surface area contributed by atoms with Gasteiger partial charge in [-0.25, -0.2) is 0 Å². The standard InChI is InChI=1S/C99H191NO18/c1-3-5-7-9-11-13-15-17-19-21-23-25-27-29-31-33-35-37-38-39-40-41-42-43-44-45-47-49-51-53-55-57-59-61-63-65-67-69-71-73-75-77-87(105)100-82(83(104)76-74-72-70-68-66-64-62-60-58-56-54-52-50-48-46-36-34-32-30-28-26-24-22-20-18-16-14-12-10-8-6-4-2)81-113-97-93(111)90(108)95(85(79-102)115-97)118-99-94(112)91(109)96(86(80-103)116-99)117-98-92(110)89(107)88(106)84(78-101)114-98/h74,76,82-86,88-99,101-104,106-112H,3-73,75,77-81H2,1-2H3,(H,100,105)/b76-74+. The van der Waals surface area contributed by atoms with E-state index in [1.165, 1.54) is 411 Å². The molecule has 0 aromatic carbocycles. The van der Waals surface area contributed by atoms with Crippen LogP contribution in [0.1, 0.15) is 483 Å². The van der Waals surface area contributed by atoms with Gasteiger partial charge in [-0.1, -0.05) is 469 Å². The molecule has 3 rings (SSSR count). The lowest BCUT2D eigenvalue weighted by atomic mass is 9.96. The predicted octanol–water partition coefficient (Wildman–Crippen LogP) is 21.4. The molecule has 1 amide bonds. The average molecular weight is 1680 g/mol. The summed E-state index contributed by atoms with van der Waals surface area (Å²) >= 11 is 0. The Morgan fingerprint density at radius 1 is 0.297 bits per heavy atom. The zero-order chi connectivity index (χ0) is 85.2. The highest BCUT2D eigenvalue weighted by Crippen LogP contribution is 2.34. The van der Waals surface area contributed by atoms with Crippen LogP contribution in [0.5, 0.6) is 0 Å². The van der Waals surface area contributed by atoms with Crippen molar-refractivity contribution in [1.29, 1.82) is 0 Å². The molecule has 0 bridgehead atoms. The summed E-state index contributed by atoms with van der Waals surface area (Å²) in [7, 11) is 0. The third kappa shape index (κ3) is 55.9. The summed E-state index contributed by atoms with van der Waals surface area (Å²) in [5, 5.41) is 121. The summed E-state index contributed by atoms with van der Waals surface area (Å²) in [6, 6.07) is -0.972. The van der Waals surface area contributed by atoms with E-state index in [1.54, 1.807) is 6.08 Å². The Bertz CT molecular complexity index is 2170. The second-order valence-corrected chi connectivity index (χ2v) is 36.7. The SMILES string of the molecule is CCCCCCCCCCCCCCCCCCCCCCCCCCCCCCCC/C=C/C(O)C(COC1OC(CO)C(OC2OC(CO)C(OC3OC(CO)C(O)C(O)C3O)C(O)C2O)C(O)C1O)NC(=O)CCCCCCCCCCCCCCCCCCCCCCCCCCCCCCCCCCCCCCCCCCC. The average Bonchev–Trinajstić information content (AvgIpc) is 0.783. The minimum Gasteiger partial charge on any atom is -0.394 e. The van der Waals surface area contributed by atoms with Crippen LogP contribution in [0.2, 0.25) is 0 Å². The first-order chi connectivity index (χ1) is 57.8. The van der Waals surface area contributed by atoms with Gasteiger partial charge in [-0.05, 0) is 19.3 Å². The first-order valence-corrected chi connectivity index (χ1v) is 50.9. The van der Waals surface area contributed by atoms with Crippen molar-refractivity contribution in [2.24, 2.45) is 0 Å². The Morgan fingerprint density at radius 3 is 0.797 bits per heavy atom. The van der Waals surface area contributed by atoms with Crippen molar-refractivity contribution in [3.8, 4) is 0 Å². The van der Waals surface area contributed by atoms with Gasteiger partial charge in [0.25, 0.3) is 0 Å². The second-order valence-electron chi connectivity index (χ2n) is 36.7. The summed E-state index contributed by atoms with van der Waals surface area (Å²) in [6.45, 7) is 1.84. The normalized spacial score (nSPS) is 24.2. The molecule has 700 valence electrons. The van der Waals surface area contributed by atoms with Gasteiger partial charge in [0.1, 0.15) is 73.2 Å². The topological polar surface area (TPSA) is 307 Å². The maximum atomic E-state index is 13.6. The number of aliphatic hydroxyl groups excluding tert-OH is 11. The van der Waals surface area contributed by atoms with E-state index in [4.69, 9.17) is 28.4 Å². The lowest BCUT2D eigenvalue weighted by molar-refractivity contribution is -0.379. The number of aliphatic hydroxyl groups is 11. The van der Waals surface area contributed by atoms with E-state index in [-0.39, 0.29) is 18.9 Å². The van der Waals surface area contributed by atoms with Gasteiger partial charge in [0.15, 0.2) is 18.9 Å². The Morgan fingerprint density at radius 2 is 0.525 bits per heavy atom. The molecule has 118 heavy (non-hydrogen) atoms. The fourth-order valence-electron chi connectivity index (χ4n) is 17.8. The van der Waals surface area contributed by atoms with E-state index in [0.717, 1.165) is 44.9 Å². The molecule has 0 aromatic rings. The van der Waals surface area contributed by atoms with Crippen molar-refractivity contribution in [2.75, 3.05) is 26.4 Å². The van der Waals surface area contributed by atoms with Gasteiger partial charge < -0.3 is 89.9 Å². The van der Waals surface area contributed by atoms with Crippen LogP contribution in [0.4, 0.5) is 0 Å². The van der Waals surface area contributed by atoms with Crippen LogP contribution < -0.4 is 5.32 Å². The van der Waals surface area contributed by atoms with Crippen molar-refractivity contribution in [3.63, 3.8) is 0 Å². The minimum atomic E-state index is -1.98. The molecule has 3 heterocycles. The molecule has 3 saturated heterocycles. The molecule has 0 aromatic heterocycles. The Balaban J connectivity index is 1.27. The van der Waals surface area contributed by atoms with Crippen LogP contribution in [-0.4, -0.2) is 193 Å². The van der Waals surface area contributed by atoms with E-state index < -0.39 is 124 Å². The third-order valence-electron chi connectivity index (χ3n) is 25.8. The molecule has 0 radical (unpaired) electrons. The Hall–Kier alpha value is -1.47. The van der Waals surface area contributed by atoms with Gasteiger partial charge in [-0.3, -0.25) is 4.79 Å². The zero-order valence-corrected chi connectivity index (χ0v) is 76.2. The molecule has 0 spiro atoms. The van der Waals surface area contributed by atoms with Crippen LogP contribution in [0.15, 0.2) is 12.2 Å². The number of nitrogens with one attached hydrogen (secondary N) is 1. The molecule has 19 nitrogen and oxygen atoms in total. The van der Waals surface area contributed by atoms with Gasteiger partial charge >= 0.3 is 0 Å². The molecule has 3 aliphatic heterocycles. The molecular weight excluding hydrogens is 1490 g/mol.